The van der Waals surface area contributed by atoms with E-state index < -0.39 is 0 Å². The number of carbonyl (C=O) groups is 3. The molecule has 0 aliphatic carbocycles. The fraction of sp³-hybridized carbons (Fsp3) is 0.286. The Morgan fingerprint density at radius 1 is 0.852 bits per heavy atom. The number of nitrogens with one attached hydrogen (secondary N) is 1. The molecule has 2 saturated heterocycles. The first-order valence-corrected chi connectivity index (χ1v) is 9.25. The summed E-state index contributed by atoms with van der Waals surface area (Å²) < 4.78 is 0. The quantitative estimate of drug-likeness (QED) is 0.907. The Balaban J connectivity index is 1.57. The van der Waals surface area contributed by atoms with E-state index >= 15 is 0 Å². The number of nitrogens with zero attached hydrogens (tertiary/aromatic N) is 2. The molecule has 1 N–H and O–H groups in total. The number of anilines is 3. The predicted molar refractivity (Wildman–Crippen MR) is 104 cm³/mol. The number of rotatable bonds is 4. The molecule has 6 nitrogen and oxygen atoms in total. The zero-order valence-corrected chi connectivity index (χ0v) is 15.0. The van der Waals surface area contributed by atoms with Crippen molar-refractivity contribution >= 4 is 34.8 Å². The van der Waals surface area contributed by atoms with E-state index in [1.165, 1.54) is 0 Å². The zero-order chi connectivity index (χ0) is 18.8. The molecule has 2 aliphatic heterocycles. The van der Waals surface area contributed by atoms with Gasteiger partial charge in [-0.3, -0.25) is 14.4 Å². The summed E-state index contributed by atoms with van der Waals surface area (Å²) in [5.41, 5.74) is 2.56. The van der Waals surface area contributed by atoms with Crippen LogP contribution < -0.4 is 15.1 Å². The maximum atomic E-state index is 12.8. The van der Waals surface area contributed by atoms with Crippen LogP contribution in [0.1, 0.15) is 36.0 Å². The van der Waals surface area contributed by atoms with Crippen LogP contribution in [0.2, 0.25) is 0 Å². The molecule has 0 saturated carbocycles. The summed E-state index contributed by atoms with van der Waals surface area (Å²) in [6, 6.07) is 14.4. The molecule has 2 aliphatic rings. The van der Waals surface area contributed by atoms with Gasteiger partial charge in [0.2, 0.25) is 11.8 Å². The van der Waals surface area contributed by atoms with Crippen LogP contribution in [0.25, 0.3) is 0 Å². The third-order valence-corrected chi connectivity index (χ3v) is 5.01. The second-order valence-electron chi connectivity index (χ2n) is 6.82. The summed E-state index contributed by atoms with van der Waals surface area (Å²) in [6.45, 7) is 1.35. The monoisotopic (exact) mass is 363 g/mol. The largest absolute Gasteiger partial charge is 0.320 e. The first-order valence-electron chi connectivity index (χ1n) is 9.25. The SMILES string of the molecule is O=C(Nc1ccccc1N1CCCC1=O)c1cccc(N2CCCC2=O)c1. The molecule has 0 spiro atoms. The summed E-state index contributed by atoms with van der Waals surface area (Å²) in [4.78, 5) is 40.3. The maximum absolute atomic E-state index is 12.8. The summed E-state index contributed by atoms with van der Waals surface area (Å²) in [6.07, 6.45) is 2.75. The number of carbonyl (C=O) groups excluding carboxylic acids is 3. The summed E-state index contributed by atoms with van der Waals surface area (Å²) in [7, 11) is 0. The van der Waals surface area contributed by atoms with E-state index in [1.807, 2.05) is 24.3 Å². The molecule has 3 amide bonds. The van der Waals surface area contributed by atoms with Crippen LogP contribution in [-0.2, 0) is 9.59 Å². The Labute approximate surface area is 157 Å². The molecular formula is C21H21N3O3. The minimum atomic E-state index is -0.261. The Hall–Kier alpha value is -3.15. The lowest BCUT2D eigenvalue weighted by atomic mass is 10.1. The van der Waals surface area contributed by atoms with Crippen molar-refractivity contribution in [3.05, 3.63) is 54.1 Å². The van der Waals surface area contributed by atoms with Crippen LogP contribution in [0.15, 0.2) is 48.5 Å². The van der Waals surface area contributed by atoms with Gasteiger partial charge in [-0.25, -0.2) is 0 Å². The summed E-state index contributed by atoms with van der Waals surface area (Å²) in [5, 5.41) is 2.92. The van der Waals surface area contributed by atoms with Gasteiger partial charge in [0.05, 0.1) is 11.4 Å². The third kappa shape index (κ3) is 3.43. The minimum Gasteiger partial charge on any atom is -0.320 e. The number of para-hydroxylation sites is 2. The minimum absolute atomic E-state index is 0.0752. The highest BCUT2D eigenvalue weighted by Gasteiger charge is 2.25. The lowest BCUT2D eigenvalue weighted by Gasteiger charge is -2.20. The van der Waals surface area contributed by atoms with Gasteiger partial charge >= 0.3 is 0 Å². The standard InChI is InChI=1S/C21H21N3O3/c25-19-10-4-12-23(19)16-7-3-6-15(14-16)21(27)22-17-8-1-2-9-18(17)24-13-5-11-20(24)26/h1-3,6-9,14H,4-5,10-13H2,(H,22,27). The Bertz CT molecular complexity index is 909. The summed E-state index contributed by atoms with van der Waals surface area (Å²) >= 11 is 0. The van der Waals surface area contributed by atoms with Gasteiger partial charge in [0.15, 0.2) is 0 Å². The van der Waals surface area contributed by atoms with Crippen molar-refractivity contribution in [3.63, 3.8) is 0 Å². The van der Waals surface area contributed by atoms with E-state index in [2.05, 4.69) is 5.32 Å². The second-order valence-corrected chi connectivity index (χ2v) is 6.82. The fourth-order valence-corrected chi connectivity index (χ4v) is 3.65. The number of hydrogen-bond acceptors (Lipinski definition) is 3. The lowest BCUT2D eigenvalue weighted by molar-refractivity contribution is -0.117. The van der Waals surface area contributed by atoms with Crippen molar-refractivity contribution in [2.45, 2.75) is 25.7 Å². The van der Waals surface area contributed by atoms with Gasteiger partial charge in [0, 0.05) is 37.2 Å². The van der Waals surface area contributed by atoms with Gasteiger partial charge < -0.3 is 15.1 Å². The highest BCUT2D eigenvalue weighted by Crippen LogP contribution is 2.30. The second kappa shape index (κ2) is 7.23. The molecule has 0 aromatic heterocycles. The molecule has 138 valence electrons. The summed E-state index contributed by atoms with van der Waals surface area (Å²) in [5.74, 6) is -0.0979. The van der Waals surface area contributed by atoms with Gasteiger partial charge in [-0.2, -0.15) is 0 Å². The van der Waals surface area contributed by atoms with E-state index in [0.717, 1.165) is 24.2 Å². The number of amides is 3. The van der Waals surface area contributed by atoms with Crippen LogP contribution in [0.4, 0.5) is 17.1 Å². The van der Waals surface area contributed by atoms with Crippen molar-refractivity contribution in [2.24, 2.45) is 0 Å². The van der Waals surface area contributed by atoms with Crippen molar-refractivity contribution in [1.29, 1.82) is 0 Å². The molecule has 4 rings (SSSR count). The predicted octanol–water partition coefficient (Wildman–Crippen LogP) is 3.19. The average Bonchev–Trinajstić information content (AvgIpc) is 3.30. The van der Waals surface area contributed by atoms with Crippen LogP contribution >= 0.6 is 0 Å². The molecular weight excluding hydrogens is 342 g/mol. The fourth-order valence-electron chi connectivity index (χ4n) is 3.65. The normalized spacial score (nSPS) is 16.9. The number of hydrogen-bond donors (Lipinski definition) is 1. The van der Waals surface area contributed by atoms with Crippen molar-refractivity contribution in [1.82, 2.24) is 0 Å². The molecule has 0 bridgehead atoms. The molecule has 0 atom stereocenters. The Kier molecular flexibility index (Phi) is 4.62. The first kappa shape index (κ1) is 17.3. The molecule has 27 heavy (non-hydrogen) atoms. The van der Waals surface area contributed by atoms with E-state index in [4.69, 9.17) is 0 Å². The lowest BCUT2D eigenvalue weighted by Crippen LogP contribution is -2.26. The van der Waals surface area contributed by atoms with Gasteiger partial charge in [0.1, 0.15) is 0 Å². The van der Waals surface area contributed by atoms with E-state index in [0.29, 0.717) is 37.2 Å². The third-order valence-electron chi connectivity index (χ3n) is 5.01. The Morgan fingerprint density at radius 2 is 1.56 bits per heavy atom. The number of benzene rings is 2. The van der Waals surface area contributed by atoms with Crippen LogP contribution in [0, 0.1) is 0 Å². The molecule has 0 radical (unpaired) electrons. The van der Waals surface area contributed by atoms with Gasteiger partial charge in [-0.1, -0.05) is 18.2 Å². The molecule has 6 heteroatoms. The van der Waals surface area contributed by atoms with Crippen molar-refractivity contribution in [3.8, 4) is 0 Å². The van der Waals surface area contributed by atoms with E-state index in [-0.39, 0.29) is 17.7 Å². The maximum Gasteiger partial charge on any atom is 0.255 e. The molecule has 2 aromatic rings. The molecule has 2 aromatic carbocycles. The van der Waals surface area contributed by atoms with Crippen LogP contribution in [0.3, 0.4) is 0 Å². The van der Waals surface area contributed by atoms with Gasteiger partial charge in [0.25, 0.3) is 5.91 Å². The topological polar surface area (TPSA) is 69.7 Å². The first-order chi connectivity index (χ1) is 13.1. The Morgan fingerprint density at radius 3 is 2.26 bits per heavy atom. The van der Waals surface area contributed by atoms with Crippen LogP contribution in [-0.4, -0.2) is 30.8 Å². The zero-order valence-electron chi connectivity index (χ0n) is 15.0. The van der Waals surface area contributed by atoms with Gasteiger partial charge in [-0.05, 0) is 43.2 Å². The molecule has 2 heterocycles. The van der Waals surface area contributed by atoms with Crippen molar-refractivity contribution < 1.29 is 14.4 Å². The molecule has 0 unspecified atom stereocenters. The van der Waals surface area contributed by atoms with Crippen molar-refractivity contribution in [2.75, 3.05) is 28.2 Å². The van der Waals surface area contributed by atoms with Gasteiger partial charge in [-0.15, -0.1) is 0 Å². The van der Waals surface area contributed by atoms with Crippen LogP contribution in [0.5, 0.6) is 0 Å². The average molecular weight is 363 g/mol. The van der Waals surface area contributed by atoms with E-state index in [1.54, 1.807) is 34.1 Å². The molecule has 2 fully saturated rings. The highest BCUT2D eigenvalue weighted by atomic mass is 16.2. The smallest absolute Gasteiger partial charge is 0.255 e. The van der Waals surface area contributed by atoms with E-state index in [9.17, 15) is 14.4 Å². The highest BCUT2D eigenvalue weighted by molar-refractivity contribution is 6.09.